The monoisotopic (exact) mass is 160 g/mol. The van der Waals surface area contributed by atoms with Gasteiger partial charge in [0.15, 0.2) is 0 Å². The van der Waals surface area contributed by atoms with Crippen LogP contribution in [0.15, 0.2) is 12.7 Å². The minimum absolute atomic E-state index is 0. The van der Waals surface area contributed by atoms with Gasteiger partial charge in [0.25, 0.3) is 0 Å². The standard InChI is InChI=1S/C4H7O.Y/c1-3-4-5-2;/h3H,1-2,4H2;/q-1;. The molecule has 2 heteroatoms. The van der Waals surface area contributed by atoms with Crippen LogP contribution in [-0.4, -0.2) is 6.61 Å². The van der Waals surface area contributed by atoms with Gasteiger partial charge in [0.1, 0.15) is 0 Å². The molecule has 0 aliphatic heterocycles. The van der Waals surface area contributed by atoms with Crippen molar-refractivity contribution in [3.8, 4) is 0 Å². The second-order valence-corrected chi connectivity index (χ2v) is 0.659. The van der Waals surface area contributed by atoms with Gasteiger partial charge in [0.05, 0.1) is 0 Å². The van der Waals surface area contributed by atoms with Gasteiger partial charge in [-0.3, -0.25) is 0 Å². The van der Waals surface area contributed by atoms with E-state index in [0.29, 0.717) is 6.61 Å². The normalized spacial score (nSPS) is 6.17. The van der Waals surface area contributed by atoms with Crippen LogP contribution in [0.5, 0.6) is 0 Å². The first kappa shape index (κ1) is 9.93. The summed E-state index contributed by atoms with van der Waals surface area (Å²) in [5, 5.41) is 0. The van der Waals surface area contributed by atoms with Crippen LogP contribution in [0.4, 0.5) is 0 Å². The molecule has 0 amide bonds. The Morgan fingerprint density at radius 1 is 1.83 bits per heavy atom. The van der Waals surface area contributed by atoms with Gasteiger partial charge < -0.3 is 4.74 Å². The summed E-state index contributed by atoms with van der Waals surface area (Å²) in [6.07, 6.45) is 1.65. The molecule has 0 heterocycles. The third-order valence-electron chi connectivity index (χ3n) is 0.236. The zero-order valence-electron chi connectivity index (χ0n) is 3.68. The van der Waals surface area contributed by atoms with Crippen LogP contribution in [0.25, 0.3) is 0 Å². The maximum Gasteiger partial charge on any atom is 0.0298 e. The largest absolute Gasteiger partial charge is 0.552 e. The number of ether oxygens (including phenoxy) is 1. The molecule has 1 nitrogen and oxygen atoms in total. The Balaban J connectivity index is 0. The fourth-order valence-electron chi connectivity index (χ4n) is 0.0833. The smallest absolute Gasteiger partial charge is 0.0298 e. The summed E-state index contributed by atoms with van der Waals surface area (Å²) in [7, 11) is 3.10. The average Bonchev–Trinajstić information content (AvgIpc) is 1.41. The Kier molecular flexibility index (Phi) is 15.3. The first-order valence-electron chi connectivity index (χ1n) is 1.39. The van der Waals surface area contributed by atoms with Crippen LogP contribution in [0.3, 0.4) is 0 Å². The minimum atomic E-state index is 0. The molecule has 1 radical (unpaired) electrons. The zero-order valence-corrected chi connectivity index (χ0v) is 6.52. The summed E-state index contributed by atoms with van der Waals surface area (Å²) < 4.78 is 4.32. The van der Waals surface area contributed by atoms with Crippen molar-refractivity contribution in [1.82, 2.24) is 0 Å². The van der Waals surface area contributed by atoms with Crippen molar-refractivity contribution >= 4 is 0 Å². The topological polar surface area (TPSA) is 9.23 Å². The van der Waals surface area contributed by atoms with E-state index >= 15 is 0 Å². The second kappa shape index (κ2) is 9.26. The van der Waals surface area contributed by atoms with Gasteiger partial charge in [-0.25, -0.2) is 7.11 Å². The predicted octanol–water partition coefficient (Wildman–Crippen LogP) is 0.978. The van der Waals surface area contributed by atoms with E-state index in [1.165, 1.54) is 0 Å². The Hall–Kier alpha value is 0.804. The van der Waals surface area contributed by atoms with Crippen molar-refractivity contribution in [3.05, 3.63) is 19.8 Å². The van der Waals surface area contributed by atoms with Crippen LogP contribution in [-0.2, 0) is 37.4 Å². The molecule has 0 unspecified atom stereocenters. The summed E-state index contributed by atoms with van der Waals surface area (Å²) in [5.74, 6) is 0. The molecule has 0 saturated heterocycles. The van der Waals surface area contributed by atoms with Gasteiger partial charge >= 0.3 is 0 Å². The van der Waals surface area contributed by atoms with Crippen molar-refractivity contribution in [2.45, 2.75) is 0 Å². The van der Waals surface area contributed by atoms with Gasteiger partial charge in [0.2, 0.25) is 0 Å². The molecule has 33 valence electrons. The van der Waals surface area contributed by atoms with Crippen molar-refractivity contribution in [1.29, 1.82) is 0 Å². The van der Waals surface area contributed by atoms with Gasteiger partial charge in [-0.05, 0) is 0 Å². The maximum atomic E-state index is 4.32. The fraction of sp³-hybridized carbons (Fsp3) is 0.250. The van der Waals surface area contributed by atoms with Crippen molar-refractivity contribution < 1.29 is 37.4 Å². The van der Waals surface area contributed by atoms with E-state index < -0.39 is 0 Å². The van der Waals surface area contributed by atoms with E-state index in [1.807, 2.05) is 0 Å². The molecule has 0 aromatic carbocycles. The zero-order chi connectivity index (χ0) is 4.12. The molecule has 0 aromatic rings. The molecule has 0 saturated carbocycles. The van der Waals surface area contributed by atoms with E-state index in [4.69, 9.17) is 0 Å². The maximum absolute atomic E-state index is 4.32. The Morgan fingerprint density at radius 2 is 2.33 bits per heavy atom. The van der Waals surface area contributed by atoms with E-state index in [2.05, 4.69) is 18.4 Å². The molecule has 0 aromatic heterocycles. The Morgan fingerprint density at radius 3 is 2.33 bits per heavy atom. The third kappa shape index (κ3) is 8.84. The molecule has 0 atom stereocenters. The Labute approximate surface area is 63.6 Å². The Bertz CT molecular complexity index is 28.7. The first-order valence-corrected chi connectivity index (χ1v) is 1.39. The second-order valence-electron chi connectivity index (χ2n) is 0.659. The van der Waals surface area contributed by atoms with Crippen LogP contribution < -0.4 is 0 Å². The number of hydrogen-bond acceptors (Lipinski definition) is 1. The van der Waals surface area contributed by atoms with Gasteiger partial charge in [-0.1, -0.05) is 6.08 Å². The first-order chi connectivity index (χ1) is 2.41. The molecule has 0 spiro atoms. The predicted molar refractivity (Wildman–Crippen MR) is 21.5 cm³/mol. The van der Waals surface area contributed by atoms with Crippen molar-refractivity contribution in [3.63, 3.8) is 0 Å². The molecule has 0 aliphatic rings. The van der Waals surface area contributed by atoms with E-state index in [0.717, 1.165) is 0 Å². The fourth-order valence-corrected chi connectivity index (χ4v) is 0.0833. The number of hydrogen-bond donors (Lipinski definition) is 0. The molecule has 0 bridgehead atoms. The summed E-state index contributed by atoms with van der Waals surface area (Å²) >= 11 is 0. The van der Waals surface area contributed by atoms with Crippen LogP contribution in [0.2, 0.25) is 0 Å². The minimum Gasteiger partial charge on any atom is -0.552 e. The summed E-state index contributed by atoms with van der Waals surface area (Å²) in [6, 6.07) is 0. The van der Waals surface area contributed by atoms with E-state index in [1.54, 1.807) is 6.08 Å². The van der Waals surface area contributed by atoms with Gasteiger partial charge in [-0.15, -0.1) is 6.58 Å². The summed E-state index contributed by atoms with van der Waals surface area (Å²) in [5.41, 5.74) is 0. The van der Waals surface area contributed by atoms with Gasteiger partial charge in [0, 0.05) is 39.3 Å². The van der Waals surface area contributed by atoms with Crippen molar-refractivity contribution in [2.24, 2.45) is 0 Å². The van der Waals surface area contributed by atoms with E-state index in [-0.39, 0.29) is 32.7 Å². The average molecular weight is 160 g/mol. The van der Waals surface area contributed by atoms with Crippen LogP contribution in [0.1, 0.15) is 0 Å². The molecular weight excluding hydrogens is 153 g/mol. The van der Waals surface area contributed by atoms with Gasteiger partial charge in [-0.2, -0.15) is 0 Å². The van der Waals surface area contributed by atoms with Crippen LogP contribution >= 0.6 is 0 Å². The molecule has 6 heavy (non-hydrogen) atoms. The van der Waals surface area contributed by atoms with Crippen molar-refractivity contribution in [2.75, 3.05) is 6.61 Å². The number of rotatable bonds is 2. The SMILES string of the molecule is C=CCO[CH2-].[Y]. The summed E-state index contributed by atoms with van der Waals surface area (Å²) in [6.45, 7) is 3.93. The molecular formula is C4H7OY-. The van der Waals surface area contributed by atoms with E-state index in [9.17, 15) is 0 Å². The molecule has 0 aliphatic carbocycles. The molecule has 0 rings (SSSR count). The third-order valence-corrected chi connectivity index (χ3v) is 0.236. The molecule has 0 fully saturated rings. The van der Waals surface area contributed by atoms with Crippen LogP contribution in [0, 0.1) is 7.11 Å². The quantitative estimate of drug-likeness (QED) is 0.432. The summed E-state index contributed by atoms with van der Waals surface area (Å²) in [4.78, 5) is 0. The molecule has 0 N–H and O–H groups in total.